The largest absolute Gasteiger partial charge is 0.466 e. The highest BCUT2D eigenvalue weighted by Crippen LogP contribution is 2.23. The smallest absolute Gasteiger partial charge is 0.316 e. The maximum absolute atomic E-state index is 12.2. The van der Waals surface area contributed by atoms with Crippen LogP contribution in [-0.2, 0) is 23.9 Å². The summed E-state index contributed by atoms with van der Waals surface area (Å²) in [6, 6.07) is 7.32. The van der Waals surface area contributed by atoms with E-state index < -0.39 is 5.97 Å². The van der Waals surface area contributed by atoms with Gasteiger partial charge < -0.3 is 18.8 Å². The van der Waals surface area contributed by atoms with Crippen molar-refractivity contribution in [2.24, 2.45) is 5.92 Å². The molecule has 0 radical (unpaired) electrons. The summed E-state index contributed by atoms with van der Waals surface area (Å²) in [5.41, 5.74) is 1.37. The predicted molar refractivity (Wildman–Crippen MR) is 102 cm³/mol. The van der Waals surface area contributed by atoms with Gasteiger partial charge in [0.2, 0.25) is 0 Å². The fourth-order valence-corrected chi connectivity index (χ4v) is 3.57. The number of amides is 1. The van der Waals surface area contributed by atoms with Crippen LogP contribution in [0.5, 0.6) is 0 Å². The molecule has 1 aromatic heterocycles. The highest BCUT2D eigenvalue weighted by atomic mass is 32.2. The van der Waals surface area contributed by atoms with Gasteiger partial charge in [-0.25, -0.2) is 4.98 Å². The number of carbonyl (C=O) groups excluding carboxylic acids is 3. The number of hydrogen-bond acceptors (Lipinski definition) is 8. The third kappa shape index (κ3) is 5.25. The van der Waals surface area contributed by atoms with E-state index >= 15 is 0 Å². The zero-order valence-corrected chi connectivity index (χ0v) is 16.4. The Balaban J connectivity index is 1.37. The summed E-state index contributed by atoms with van der Waals surface area (Å²) < 4.78 is 15.6. The quantitative estimate of drug-likeness (QED) is 0.510. The van der Waals surface area contributed by atoms with E-state index in [1.165, 1.54) is 0 Å². The van der Waals surface area contributed by atoms with E-state index in [1.54, 1.807) is 17.9 Å². The topological polar surface area (TPSA) is 98.9 Å². The van der Waals surface area contributed by atoms with Crippen LogP contribution in [0.2, 0.25) is 0 Å². The molecule has 0 unspecified atom stereocenters. The molecular weight excluding hydrogens is 384 g/mol. The summed E-state index contributed by atoms with van der Waals surface area (Å²) in [6.45, 7) is 2.73. The number of oxazole rings is 1. The van der Waals surface area contributed by atoms with Crippen LogP contribution in [0, 0.1) is 5.92 Å². The van der Waals surface area contributed by atoms with E-state index in [0.717, 1.165) is 17.3 Å². The lowest BCUT2D eigenvalue weighted by atomic mass is 9.97. The first kappa shape index (κ1) is 20.2. The van der Waals surface area contributed by atoms with E-state index in [1.807, 2.05) is 18.2 Å². The number of thioether (sulfide) groups is 1. The van der Waals surface area contributed by atoms with Gasteiger partial charge in [0.15, 0.2) is 12.2 Å². The van der Waals surface area contributed by atoms with Gasteiger partial charge in [0.1, 0.15) is 11.3 Å². The molecule has 1 aromatic carbocycles. The van der Waals surface area contributed by atoms with Crippen molar-refractivity contribution in [2.45, 2.75) is 25.0 Å². The molecular formula is C19H22N2O6S. The van der Waals surface area contributed by atoms with Gasteiger partial charge >= 0.3 is 11.9 Å². The summed E-state index contributed by atoms with van der Waals surface area (Å²) in [5, 5.41) is 0.380. The van der Waals surface area contributed by atoms with E-state index in [2.05, 4.69) is 4.98 Å². The first-order valence-corrected chi connectivity index (χ1v) is 10.1. The molecule has 2 heterocycles. The number of rotatable bonds is 7. The summed E-state index contributed by atoms with van der Waals surface area (Å²) in [6.07, 6.45) is 1.12. The number of ether oxygens (including phenoxy) is 2. The molecule has 28 heavy (non-hydrogen) atoms. The Morgan fingerprint density at radius 1 is 1.21 bits per heavy atom. The van der Waals surface area contributed by atoms with Crippen LogP contribution >= 0.6 is 11.8 Å². The van der Waals surface area contributed by atoms with Crippen LogP contribution in [0.1, 0.15) is 19.8 Å². The van der Waals surface area contributed by atoms with E-state index in [4.69, 9.17) is 13.9 Å². The molecule has 1 aliphatic heterocycles. The molecule has 1 saturated heterocycles. The number of likely N-dealkylation sites (tertiary alicyclic amines) is 1. The van der Waals surface area contributed by atoms with Gasteiger partial charge in [-0.15, -0.1) is 0 Å². The first-order chi connectivity index (χ1) is 13.6. The molecule has 0 spiro atoms. The van der Waals surface area contributed by atoms with Crippen LogP contribution in [0.25, 0.3) is 11.1 Å². The molecule has 1 amide bonds. The second-order valence-electron chi connectivity index (χ2n) is 6.30. The lowest BCUT2D eigenvalue weighted by Crippen LogP contribution is -2.42. The lowest BCUT2D eigenvalue weighted by Gasteiger charge is -2.30. The van der Waals surface area contributed by atoms with Crippen molar-refractivity contribution in [3.05, 3.63) is 24.3 Å². The monoisotopic (exact) mass is 406 g/mol. The minimum atomic E-state index is -0.512. The minimum Gasteiger partial charge on any atom is -0.466 e. The normalized spacial score (nSPS) is 14.8. The molecule has 1 aliphatic rings. The second kappa shape index (κ2) is 9.59. The van der Waals surface area contributed by atoms with Gasteiger partial charge in [0, 0.05) is 13.1 Å². The number of benzene rings is 1. The fourth-order valence-electron chi connectivity index (χ4n) is 2.93. The van der Waals surface area contributed by atoms with Crippen molar-refractivity contribution in [3.8, 4) is 0 Å². The highest BCUT2D eigenvalue weighted by Gasteiger charge is 2.28. The third-order valence-corrected chi connectivity index (χ3v) is 5.21. The van der Waals surface area contributed by atoms with Crippen LogP contribution < -0.4 is 0 Å². The van der Waals surface area contributed by atoms with Gasteiger partial charge in [-0.3, -0.25) is 14.4 Å². The Morgan fingerprint density at radius 2 is 1.96 bits per heavy atom. The van der Waals surface area contributed by atoms with Gasteiger partial charge in [0.05, 0.1) is 12.5 Å². The molecule has 0 N–H and O–H groups in total. The molecule has 0 atom stereocenters. The van der Waals surface area contributed by atoms with Gasteiger partial charge in [0.25, 0.3) is 11.1 Å². The number of fused-ring (bicyclic) bond motifs is 1. The molecule has 2 aromatic rings. The summed E-state index contributed by atoms with van der Waals surface area (Å²) in [7, 11) is 0. The zero-order chi connectivity index (χ0) is 19.9. The SMILES string of the molecule is CCOC(=O)C1CCN(C(=O)COC(=O)CSc2nc3ccccc3o2)CC1. The number of carbonyl (C=O) groups is 3. The van der Waals surface area contributed by atoms with E-state index in [9.17, 15) is 14.4 Å². The lowest BCUT2D eigenvalue weighted by molar-refractivity contribution is -0.153. The van der Waals surface area contributed by atoms with E-state index in [-0.39, 0.29) is 30.2 Å². The van der Waals surface area contributed by atoms with Crippen molar-refractivity contribution in [3.63, 3.8) is 0 Å². The highest BCUT2D eigenvalue weighted by molar-refractivity contribution is 7.99. The summed E-state index contributed by atoms with van der Waals surface area (Å²) >= 11 is 1.12. The molecule has 0 bridgehead atoms. The molecule has 0 saturated carbocycles. The fraction of sp³-hybridized carbons (Fsp3) is 0.474. The molecule has 8 nitrogen and oxygen atoms in total. The molecule has 1 fully saturated rings. The average Bonchev–Trinajstić information content (AvgIpc) is 3.14. The Labute approximate surface area is 166 Å². The number of hydrogen-bond donors (Lipinski definition) is 0. The summed E-state index contributed by atoms with van der Waals surface area (Å²) in [5.74, 6) is -1.15. The third-order valence-electron chi connectivity index (χ3n) is 4.41. The van der Waals surface area contributed by atoms with Crippen molar-refractivity contribution in [1.29, 1.82) is 0 Å². The Kier molecular flexibility index (Phi) is 6.91. The molecule has 9 heteroatoms. The Bertz CT molecular complexity index is 811. The van der Waals surface area contributed by atoms with Crippen LogP contribution in [0.4, 0.5) is 0 Å². The van der Waals surface area contributed by atoms with Crippen LogP contribution in [-0.4, -0.2) is 59.8 Å². The van der Waals surface area contributed by atoms with Crippen molar-refractivity contribution < 1.29 is 28.3 Å². The maximum Gasteiger partial charge on any atom is 0.316 e. The summed E-state index contributed by atoms with van der Waals surface area (Å²) in [4.78, 5) is 41.7. The van der Waals surface area contributed by atoms with Gasteiger partial charge in [-0.1, -0.05) is 23.9 Å². The van der Waals surface area contributed by atoms with Crippen molar-refractivity contribution in [2.75, 3.05) is 32.1 Å². The average molecular weight is 406 g/mol. The predicted octanol–water partition coefficient (Wildman–Crippen LogP) is 2.26. The minimum absolute atomic E-state index is 0.00499. The number of esters is 2. The number of para-hydroxylation sites is 2. The number of piperidine rings is 1. The van der Waals surface area contributed by atoms with Crippen molar-refractivity contribution in [1.82, 2.24) is 9.88 Å². The number of aromatic nitrogens is 1. The molecule has 150 valence electrons. The number of nitrogens with zero attached hydrogens (tertiary/aromatic N) is 2. The maximum atomic E-state index is 12.2. The van der Waals surface area contributed by atoms with Gasteiger partial charge in [-0.2, -0.15) is 0 Å². The standard InChI is InChI=1S/C19H22N2O6S/c1-2-25-18(24)13-7-9-21(10-8-13)16(22)11-26-17(23)12-28-19-20-14-5-3-4-6-15(14)27-19/h3-6,13H,2,7-12H2,1H3. The van der Waals surface area contributed by atoms with Gasteiger partial charge in [-0.05, 0) is 31.9 Å². The Morgan fingerprint density at radius 3 is 2.68 bits per heavy atom. The van der Waals surface area contributed by atoms with E-state index in [0.29, 0.717) is 43.3 Å². The Hall–Kier alpha value is -2.55. The van der Waals surface area contributed by atoms with Crippen LogP contribution in [0.3, 0.4) is 0 Å². The molecule has 3 rings (SSSR count). The second-order valence-corrected chi connectivity index (χ2v) is 7.23. The zero-order valence-electron chi connectivity index (χ0n) is 15.6. The molecule has 0 aliphatic carbocycles. The van der Waals surface area contributed by atoms with Crippen molar-refractivity contribution >= 4 is 40.7 Å². The first-order valence-electron chi connectivity index (χ1n) is 9.15. The van der Waals surface area contributed by atoms with Crippen LogP contribution in [0.15, 0.2) is 33.9 Å².